The summed E-state index contributed by atoms with van der Waals surface area (Å²) in [6.45, 7) is 23.5. The van der Waals surface area contributed by atoms with Crippen molar-refractivity contribution in [3.63, 3.8) is 0 Å². The molecule has 2 aliphatic carbocycles. The predicted octanol–water partition coefficient (Wildman–Crippen LogP) is 8.71. The number of nitrogens with two attached hydrogens (primary N) is 3. The lowest BCUT2D eigenvalue weighted by molar-refractivity contribution is 0.0475. The minimum atomic E-state index is -0.694. The predicted molar refractivity (Wildman–Crippen MR) is 277 cm³/mol. The molecule has 21 heteroatoms. The van der Waals surface area contributed by atoms with Gasteiger partial charge in [-0.25, -0.2) is 19.6 Å². The van der Waals surface area contributed by atoms with Crippen molar-refractivity contribution in [2.24, 2.45) is 17.2 Å². The zero-order valence-corrected chi connectivity index (χ0v) is 44.1. The number of alkyl carbamates (subject to hydrolysis) is 2. The van der Waals surface area contributed by atoms with Crippen LogP contribution in [0.2, 0.25) is 5.15 Å². The number of carbonyl (C=O) groups excluding carboxylic acids is 4. The molecular weight excluding hydrogens is 928 g/mol. The van der Waals surface area contributed by atoms with Crippen LogP contribution in [0.1, 0.15) is 167 Å². The number of nitrogens with zero attached hydrogens (tertiary/aromatic N) is 6. The number of rotatable bonds is 10. The van der Waals surface area contributed by atoms with Crippen molar-refractivity contribution in [3.8, 4) is 0 Å². The van der Waals surface area contributed by atoms with Gasteiger partial charge in [-0.2, -0.15) is 0 Å². The highest BCUT2D eigenvalue weighted by Crippen LogP contribution is 2.28. The number of carbonyl (C=O) groups is 4. The molecule has 0 radical (unpaired) electrons. The smallest absolute Gasteiger partial charge is 0.407 e. The maximum absolute atomic E-state index is 12.3. The molecule has 2 aliphatic rings. The molecule has 4 aromatic rings. The number of aromatic nitrogens is 6. The van der Waals surface area contributed by atoms with E-state index in [1.54, 1.807) is 12.1 Å². The van der Waals surface area contributed by atoms with Gasteiger partial charge in [-0.05, 0) is 91.5 Å². The van der Waals surface area contributed by atoms with E-state index in [1.807, 2.05) is 71.9 Å². The Labute approximate surface area is 422 Å². The first-order valence-corrected chi connectivity index (χ1v) is 24.4. The molecule has 2 fully saturated rings. The quantitative estimate of drug-likeness (QED) is 0.0736. The van der Waals surface area contributed by atoms with E-state index in [0.29, 0.717) is 28.8 Å². The second kappa shape index (κ2) is 24.6. The van der Waals surface area contributed by atoms with E-state index in [2.05, 4.69) is 98.5 Å². The summed E-state index contributed by atoms with van der Waals surface area (Å²) in [6.07, 6.45) is 7.13. The number of hydrogen-bond donors (Lipinski definition) is 8. The topological polar surface area (TPSA) is 302 Å². The highest BCUT2D eigenvalue weighted by Gasteiger charge is 2.30. The number of halogens is 1. The van der Waals surface area contributed by atoms with Crippen LogP contribution in [0.4, 0.5) is 38.4 Å². The zero-order valence-electron chi connectivity index (χ0n) is 43.3. The summed E-state index contributed by atoms with van der Waals surface area (Å²) in [4.78, 5) is 56.4. The monoisotopic (exact) mass is 1000 g/mol. The molecule has 2 saturated carbocycles. The first kappa shape index (κ1) is 57.2. The van der Waals surface area contributed by atoms with Crippen molar-refractivity contribution in [1.82, 2.24) is 41.0 Å². The Kier molecular flexibility index (Phi) is 19.8. The number of anilines is 5. The van der Waals surface area contributed by atoms with Gasteiger partial charge in [-0.15, -0.1) is 20.4 Å². The maximum atomic E-state index is 12.3. The molecule has 4 aromatic heterocycles. The van der Waals surface area contributed by atoms with E-state index in [9.17, 15) is 19.2 Å². The van der Waals surface area contributed by atoms with Gasteiger partial charge in [0.05, 0.1) is 17.4 Å². The summed E-state index contributed by atoms with van der Waals surface area (Å²) < 4.78 is 10.6. The number of primary amides is 2. The minimum absolute atomic E-state index is 0.0161. The van der Waals surface area contributed by atoms with E-state index < -0.39 is 29.1 Å². The van der Waals surface area contributed by atoms with Gasteiger partial charge in [0.15, 0.2) is 22.4 Å². The van der Waals surface area contributed by atoms with Crippen LogP contribution < -0.4 is 43.8 Å². The second-order valence-corrected chi connectivity index (χ2v) is 22.1. The lowest BCUT2D eigenvalue weighted by Crippen LogP contribution is -2.50. The Balaban J connectivity index is 0.000000257. The fourth-order valence-electron chi connectivity index (χ4n) is 7.43. The van der Waals surface area contributed by atoms with Crippen molar-refractivity contribution in [3.05, 3.63) is 76.5 Å². The van der Waals surface area contributed by atoms with Gasteiger partial charge in [0, 0.05) is 52.5 Å². The Hall–Kier alpha value is -6.41. The highest BCUT2D eigenvalue weighted by atomic mass is 35.5. The normalized spacial score (nSPS) is 18.2. The molecule has 0 aromatic carbocycles. The van der Waals surface area contributed by atoms with Crippen LogP contribution >= 0.6 is 11.6 Å². The van der Waals surface area contributed by atoms with Crippen LogP contribution in [0.3, 0.4) is 0 Å². The standard InChI is InChI=1S/C25H37N7O3.C14H16ClN5O.C11H22N2O2/c1-24(2,3)18-12-9-13-19(30-18)28-17-14-20(31-32-21(17)22(26)33)27-15-10-7-8-11-16(15)29-23(34)35-25(4,5)6;1-14(2,3)9-5-4-6-11(18-9)17-8-7-10(15)19-20-12(8)13(16)21;1-11(2,3)15-10(14)13-9-7-5-4-6-8(9)12/h9,12-16H,7-8,10-11H2,1-6H3,(H2,26,33)(H,29,34)(H2,27,28,30,31);4-7H,1-3H3,(H2,16,21)(H,17,18,19);8-9H,4-7,12H2,1-3H3,(H,13,14)/t15-,16+;;8-,9+/m1.1/s1. The third kappa shape index (κ3) is 19.4. The lowest BCUT2D eigenvalue weighted by Gasteiger charge is -2.33. The molecule has 0 saturated heterocycles. The summed E-state index contributed by atoms with van der Waals surface area (Å²) in [5, 5.41) is 31.1. The van der Waals surface area contributed by atoms with Crippen LogP contribution in [0.15, 0.2) is 48.5 Å². The van der Waals surface area contributed by atoms with E-state index in [-0.39, 0.29) is 57.6 Å². The Bertz CT molecular complexity index is 2450. The SMILES string of the molecule is CC(C)(C)OC(=O)N[C@H]1CCCC[C@H]1N.CC(C)(C)OC(=O)N[C@H]1CCCC[C@H]1Nc1cc(Nc2cccc(C(C)(C)C)n2)c(C(N)=O)nn1.CC(C)(C)c1cccc(Nc2cc(Cl)nnc2C(N)=O)n1. The highest BCUT2D eigenvalue weighted by molar-refractivity contribution is 6.29. The summed E-state index contributed by atoms with van der Waals surface area (Å²) in [6, 6.07) is 14.4. The van der Waals surface area contributed by atoms with E-state index in [0.717, 1.165) is 62.8 Å². The van der Waals surface area contributed by atoms with Gasteiger partial charge in [0.2, 0.25) is 0 Å². The fraction of sp³-hybridized carbons (Fsp3) is 0.560. The van der Waals surface area contributed by atoms with Crippen LogP contribution in [0.25, 0.3) is 0 Å². The van der Waals surface area contributed by atoms with Gasteiger partial charge in [-0.3, -0.25) is 9.59 Å². The van der Waals surface area contributed by atoms with Gasteiger partial charge in [0.1, 0.15) is 22.8 Å². The maximum Gasteiger partial charge on any atom is 0.407 e. The van der Waals surface area contributed by atoms with E-state index in [4.69, 9.17) is 38.3 Å². The summed E-state index contributed by atoms with van der Waals surface area (Å²) in [5.41, 5.74) is 18.1. The molecule has 0 bridgehead atoms. The lowest BCUT2D eigenvalue weighted by atomic mass is 9.90. The molecule has 0 aliphatic heterocycles. The van der Waals surface area contributed by atoms with Crippen molar-refractivity contribution < 1.29 is 28.7 Å². The van der Waals surface area contributed by atoms with E-state index >= 15 is 0 Å². The molecule has 388 valence electrons. The number of hydrogen-bond acceptors (Lipinski definition) is 16. The van der Waals surface area contributed by atoms with Crippen molar-refractivity contribution in [2.75, 3.05) is 16.0 Å². The molecular formula is C50H75ClN14O6. The average Bonchev–Trinajstić information content (AvgIpc) is 3.24. The third-order valence-corrected chi connectivity index (χ3v) is 11.1. The first-order valence-electron chi connectivity index (χ1n) is 24.0. The van der Waals surface area contributed by atoms with Gasteiger partial charge >= 0.3 is 12.2 Å². The largest absolute Gasteiger partial charge is 0.444 e. The van der Waals surface area contributed by atoms with Crippen LogP contribution in [0.5, 0.6) is 0 Å². The number of nitrogens with one attached hydrogen (secondary N) is 5. The molecule has 4 atom stereocenters. The van der Waals surface area contributed by atoms with Crippen LogP contribution in [-0.4, -0.2) is 89.7 Å². The van der Waals surface area contributed by atoms with Crippen molar-refractivity contribution in [1.29, 1.82) is 0 Å². The summed E-state index contributed by atoms with van der Waals surface area (Å²) >= 11 is 5.81. The number of pyridine rings is 2. The Morgan fingerprint density at radius 2 is 0.986 bits per heavy atom. The van der Waals surface area contributed by atoms with Crippen molar-refractivity contribution >= 4 is 64.4 Å². The Morgan fingerprint density at radius 1 is 0.563 bits per heavy atom. The van der Waals surface area contributed by atoms with Crippen LogP contribution in [0, 0.1) is 0 Å². The zero-order chi connectivity index (χ0) is 52.9. The fourth-order valence-corrected chi connectivity index (χ4v) is 7.57. The molecule has 20 nitrogen and oxygen atoms in total. The van der Waals surface area contributed by atoms with Crippen molar-refractivity contribution in [2.45, 2.75) is 181 Å². The van der Waals surface area contributed by atoms with Crippen LogP contribution in [-0.2, 0) is 20.3 Å². The Morgan fingerprint density at radius 3 is 1.44 bits per heavy atom. The van der Waals surface area contributed by atoms with Gasteiger partial charge in [-0.1, -0.05) is 91.0 Å². The molecule has 4 amide bonds. The minimum Gasteiger partial charge on any atom is -0.444 e. The van der Waals surface area contributed by atoms with E-state index in [1.165, 1.54) is 6.07 Å². The summed E-state index contributed by atoms with van der Waals surface area (Å²) in [5.74, 6) is 0.233. The third-order valence-electron chi connectivity index (χ3n) is 10.9. The molecule has 6 rings (SSSR count). The average molecular weight is 1000 g/mol. The first-order chi connectivity index (χ1) is 33.0. The van der Waals surface area contributed by atoms with Gasteiger partial charge in [0.25, 0.3) is 11.8 Å². The molecule has 11 N–H and O–H groups in total. The second-order valence-electron chi connectivity index (χ2n) is 21.7. The summed E-state index contributed by atoms with van der Waals surface area (Å²) in [7, 11) is 0. The molecule has 4 heterocycles. The van der Waals surface area contributed by atoms with Gasteiger partial charge < -0.3 is 53.3 Å². The number of amides is 4. The molecule has 0 unspecified atom stereocenters. The molecule has 71 heavy (non-hydrogen) atoms. The number of ether oxygens (including phenoxy) is 2. The molecule has 0 spiro atoms.